The van der Waals surface area contributed by atoms with Gasteiger partial charge in [-0.3, -0.25) is 5.32 Å². The van der Waals surface area contributed by atoms with Crippen molar-refractivity contribution in [3.05, 3.63) is 29.8 Å². The highest BCUT2D eigenvalue weighted by Gasteiger charge is 2.21. The van der Waals surface area contributed by atoms with Crippen LogP contribution in [0, 0.1) is 18.3 Å². The zero-order valence-corrected chi connectivity index (χ0v) is 13.9. The van der Waals surface area contributed by atoms with E-state index in [9.17, 15) is 5.26 Å². The van der Waals surface area contributed by atoms with Crippen LogP contribution in [0.3, 0.4) is 0 Å². The third-order valence-corrected chi connectivity index (χ3v) is 3.91. The molecule has 0 aliphatic heterocycles. The van der Waals surface area contributed by atoms with Crippen molar-refractivity contribution in [2.75, 3.05) is 25.0 Å². The SMILES string of the molecule is CCCNC(C)(C#N)CCCCN(C)c1ccc(C)cc1. The fourth-order valence-corrected chi connectivity index (χ4v) is 2.34. The maximum absolute atomic E-state index is 9.30. The number of nitrogens with zero attached hydrogens (tertiary/aromatic N) is 2. The molecule has 3 heteroatoms. The van der Waals surface area contributed by atoms with Crippen LogP contribution in [0.25, 0.3) is 0 Å². The average molecular weight is 287 g/mol. The lowest BCUT2D eigenvalue weighted by Gasteiger charge is -2.24. The molecule has 1 aromatic rings. The maximum Gasteiger partial charge on any atom is 0.103 e. The number of benzene rings is 1. The van der Waals surface area contributed by atoms with Gasteiger partial charge in [-0.1, -0.05) is 24.6 Å². The number of rotatable bonds is 9. The summed E-state index contributed by atoms with van der Waals surface area (Å²) in [6, 6.07) is 11.0. The second kappa shape index (κ2) is 8.69. The van der Waals surface area contributed by atoms with Crippen molar-refractivity contribution in [1.82, 2.24) is 5.32 Å². The van der Waals surface area contributed by atoms with Crippen LogP contribution in [0.15, 0.2) is 24.3 Å². The highest BCUT2D eigenvalue weighted by Crippen LogP contribution is 2.16. The summed E-state index contributed by atoms with van der Waals surface area (Å²) in [5.41, 5.74) is 2.17. The lowest BCUT2D eigenvalue weighted by Crippen LogP contribution is -2.41. The van der Waals surface area contributed by atoms with Gasteiger partial charge < -0.3 is 4.90 Å². The Morgan fingerprint density at radius 1 is 1.24 bits per heavy atom. The predicted molar refractivity (Wildman–Crippen MR) is 90.6 cm³/mol. The van der Waals surface area contributed by atoms with E-state index < -0.39 is 0 Å². The fourth-order valence-electron chi connectivity index (χ4n) is 2.34. The van der Waals surface area contributed by atoms with Gasteiger partial charge in [0.15, 0.2) is 0 Å². The van der Waals surface area contributed by atoms with Crippen LogP contribution in [-0.2, 0) is 0 Å². The van der Waals surface area contributed by atoms with Gasteiger partial charge in [-0.15, -0.1) is 0 Å². The van der Waals surface area contributed by atoms with E-state index >= 15 is 0 Å². The van der Waals surface area contributed by atoms with Crippen LogP contribution in [0.1, 0.15) is 45.1 Å². The third-order valence-electron chi connectivity index (χ3n) is 3.91. The van der Waals surface area contributed by atoms with Gasteiger partial charge in [0.1, 0.15) is 5.54 Å². The minimum Gasteiger partial charge on any atom is -0.375 e. The van der Waals surface area contributed by atoms with Gasteiger partial charge in [-0.25, -0.2) is 0 Å². The molecule has 0 saturated heterocycles. The Morgan fingerprint density at radius 3 is 2.48 bits per heavy atom. The van der Waals surface area contributed by atoms with Crippen molar-refractivity contribution >= 4 is 5.69 Å². The molecule has 0 aliphatic rings. The summed E-state index contributed by atoms with van der Waals surface area (Å²) in [6.45, 7) is 8.18. The molecule has 0 heterocycles. The average Bonchev–Trinajstić information content (AvgIpc) is 2.50. The molecule has 0 saturated carbocycles. The van der Waals surface area contributed by atoms with Crippen molar-refractivity contribution in [3.8, 4) is 6.07 Å². The zero-order valence-electron chi connectivity index (χ0n) is 13.9. The summed E-state index contributed by atoms with van der Waals surface area (Å²) in [4.78, 5) is 2.28. The first-order valence-electron chi connectivity index (χ1n) is 7.95. The van der Waals surface area contributed by atoms with Gasteiger partial charge >= 0.3 is 0 Å². The van der Waals surface area contributed by atoms with E-state index in [4.69, 9.17) is 0 Å². The molecule has 3 nitrogen and oxygen atoms in total. The topological polar surface area (TPSA) is 39.1 Å². The van der Waals surface area contributed by atoms with Crippen molar-refractivity contribution in [3.63, 3.8) is 0 Å². The van der Waals surface area contributed by atoms with E-state index in [0.717, 1.165) is 38.8 Å². The molecule has 0 aliphatic carbocycles. The lowest BCUT2D eigenvalue weighted by molar-refractivity contribution is 0.403. The number of nitrogens with one attached hydrogen (secondary N) is 1. The number of aryl methyl sites for hydroxylation is 1. The molecule has 0 amide bonds. The van der Waals surface area contributed by atoms with Crippen LogP contribution in [0.5, 0.6) is 0 Å². The molecule has 0 spiro atoms. The normalized spacial score (nSPS) is 13.5. The fraction of sp³-hybridized carbons (Fsp3) is 0.611. The van der Waals surface area contributed by atoms with Crippen LogP contribution < -0.4 is 10.2 Å². The molecular weight excluding hydrogens is 258 g/mol. The minimum absolute atomic E-state index is 0.377. The van der Waals surface area contributed by atoms with Crippen molar-refractivity contribution < 1.29 is 0 Å². The number of hydrogen-bond donors (Lipinski definition) is 1. The van der Waals surface area contributed by atoms with Crippen molar-refractivity contribution in [2.45, 2.75) is 52.0 Å². The number of hydrogen-bond acceptors (Lipinski definition) is 3. The van der Waals surface area contributed by atoms with Gasteiger partial charge in [0, 0.05) is 19.3 Å². The Bertz CT molecular complexity index is 447. The standard InChI is InChI=1S/C18H29N3/c1-5-13-20-18(3,15-19)12-6-7-14-21(4)17-10-8-16(2)9-11-17/h8-11,20H,5-7,12-14H2,1-4H3. The monoisotopic (exact) mass is 287 g/mol. The van der Waals surface area contributed by atoms with Gasteiger partial charge in [0.05, 0.1) is 6.07 Å². The molecule has 1 N–H and O–H groups in total. The Kier molecular flexibility index (Phi) is 7.25. The van der Waals surface area contributed by atoms with E-state index in [1.54, 1.807) is 0 Å². The first-order chi connectivity index (χ1) is 10.0. The highest BCUT2D eigenvalue weighted by atomic mass is 15.1. The Morgan fingerprint density at radius 2 is 1.90 bits per heavy atom. The van der Waals surface area contributed by atoms with Crippen LogP contribution >= 0.6 is 0 Å². The summed E-state index contributed by atoms with van der Waals surface area (Å²) in [5, 5.41) is 12.6. The molecule has 1 rings (SSSR count). The van der Waals surface area contributed by atoms with Crippen LogP contribution in [0.2, 0.25) is 0 Å². The molecule has 0 fully saturated rings. The Hall–Kier alpha value is -1.53. The van der Waals surface area contributed by atoms with E-state index in [1.165, 1.54) is 11.3 Å². The first kappa shape index (κ1) is 17.5. The van der Waals surface area contributed by atoms with E-state index in [1.807, 2.05) is 6.92 Å². The molecule has 1 aromatic carbocycles. The molecule has 21 heavy (non-hydrogen) atoms. The van der Waals surface area contributed by atoms with Crippen LogP contribution in [-0.4, -0.2) is 25.7 Å². The van der Waals surface area contributed by atoms with Crippen LogP contribution in [0.4, 0.5) is 5.69 Å². The van der Waals surface area contributed by atoms with E-state index in [-0.39, 0.29) is 5.54 Å². The van der Waals surface area contributed by atoms with Crippen molar-refractivity contribution in [1.29, 1.82) is 5.26 Å². The predicted octanol–water partition coefficient (Wildman–Crippen LogP) is 3.88. The van der Waals surface area contributed by atoms with Gasteiger partial charge in [0.25, 0.3) is 0 Å². The number of anilines is 1. The Balaban J connectivity index is 2.33. The summed E-state index contributed by atoms with van der Waals surface area (Å²) < 4.78 is 0. The summed E-state index contributed by atoms with van der Waals surface area (Å²) in [7, 11) is 2.13. The molecule has 1 unspecified atom stereocenters. The molecule has 0 bridgehead atoms. The maximum atomic E-state index is 9.30. The second-order valence-electron chi connectivity index (χ2n) is 6.08. The van der Waals surface area contributed by atoms with E-state index in [0.29, 0.717) is 0 Å². The summed E-state index contributed by atoms with van der Waals surface area (Å²) >= 11 is 0. The second-order valence-corrected chi connectivity index (χ2v) is 6.08. The smallest absolute Gasteiger partial charge is 0.103 e. The van der Waals surface area contributed by atoms with Gasteiger partial charge in [0.2, 0.25) is 0 Å². The number of nitriles is 1. The van der Waals surface area contributed by atoms with Crippen molar-refractivity contribution in [2.24, 2.45) is 0 Å². The van der Waals surface area contributed by atoms with Gasteiger partial charge in [-0.2, -0.15) is 5.26 Å². The zero-order chi connectivity index (χ0) is 15.7. The largest absolute Gasteiger partial charge is 0.375 e. The summed E-state index contributed by atoms with van der Waals surface area (Å²) in [5.74, 6) is 0. The lowest BCUT2D eigenvalue weighted by atomic mass is 9.96. The minimum atomic E-state index is -0.377. The molecule has 1 atom stereocenters. The molecular formula is C18H29N3. The van der Waals surface area contributed by atoms with E-state index in [2.05, 4.69) is 61.4 Å². The quantitative estimate of drug-likeness (QED) is 0.700. The van der Waals surface area contributed by atoms with Gasteiger partial charge in [-0.05, 0) is 58.2 Å². The highest BCUT2D eigenvalue weighted by molar-refractivity contribution is 5.46. The first-order valence-corrected chi connectivity index (χ1v) is 7.95. The molecule has 0 radical (unpaired) electrons. The Labute approximate surface area is 130 Å². The summed E-state index contributed by atoms with van der Waals surface area (Å²) in [6.07, 6.45) is 4.14. The molecule has 116 valence electrons. The molecule has 0 aromatic heterocycles. The number of unbranched alkanes of at least 4 members (excludes halogenated alkanes) is 1. The third kappa shape index (κ3) is 6.18.